The van der Waals surface area contributed by atoms with Gasteiger partial charge in [0, 0.05) is 0 Å². The van der Waals surface area contributed by atoms with Gasteiger partial charge >= 0.3 is 6.09 Å². The highest BCUT2D eigenvalue weighted by Gasteiger charge is 2.22. The van der Waals surface area contributed by atoms with Gasteiger partial charge in [0.25, 0.3) is 0 Å². The summed E-state index contributed by atoms with van der Waals surface area (Å²) in [5.41, 5.74) is 1.27. The van der Waals surface area contributed by atoms with Crippen LogP contribution in [0.4, 0.5) is 4.79 Å². The lowest BCUT2D eigenvalue weighted by atomic mass is 9.94. The molecule has 0 aliphatic carbocycles. The molecule has 0 bridgehead atoms. The van der Waals surface area contributed by atoms with Gasteiger partial charge in [0.15, 0.2) is 0 Å². The van der Waals surface area contributed by atoms with Crippen molar-refractivity contribution in [1.29, 1.82) is 0 Å². The first-order valence-electron chi connectivity index (χ1n) is 4.69. The van der Waals surface area contributed by atoms with E-state index in [1.165, 1.54) is 7.11 Å². The third-order valence-corrected chi connectivity index (χ3v) is 2.13. The number of rotatable bonds is 4. The topological polar surface area (TPSA) is 38.3 Å². The van der Waals surface area contributed by atoms with Gasteiger partial charge in [0.05, 0.1) is 12.6 Å². The monoisotopic (exact) mass is 209 g/mol. The highest BCUT2D eigenvalue weighted by Crippen LogP contribution is 2.17. The normalized spacial score (nSPS) is 11.9. The second kappa shape index (κ2) is 5.39. The first-order chi connectivity index (χ1) is 6.83. The second-order valence-electron chi connectivity index (χ2n) is 3.86. The Labute approximate surface area is 91.5 Å². The Kier molecular flexibility index (Phi) is 4.85. The molecule has 0 fully saturated rings. The smallest absolute Gasteiger partial charge is 0.407 e. The Morgan fingerprint density at radius 1 is 1.47 bits per heavy atom. The molecular weight excluding hydrogens is 190 g/mol. The van der Waals surface area contributed by atoms with Crippen molar-refractivity contribution in [3.05, 3.63) is 36.5 Å². The quantitative estimate of drug-likeness (QED) is 0.723. The van der Waals surface area contributed by atoms with E-state index in [1.807, 2.05) is 26.8 Å². The fraction of sp³-hybridized carbons (Fsp3) is 0.417. The Morgan fingerprint density at radius 3 is 2.40 bits per heavy atom. The number of amides is 1. The van der Waals surface area contributed by atoms with E-state index in [1.54, 1.807) is 6.08 Å². The number of methoxy groups -OCH3 is 1. The average molecular weight is 209 g/mol. The van der Waals surface area contributed by atoms with Crippen LogP contribution in [0.25, 0.3) is 0 Å². The number of hydrogen-bond acceptors (Lipinski definition) is 2. The number of carbonyl (C=O) groups is 1. The summed E-state index contributed by atoms with van der Waals surface area (Å²) in [5.74, 6) is 0. The van der Waals surface area contributed by atoms with Crippen LogP contribution in [0.15, 0.2) is 36.5 Å². The van der Waals surface area contributed by atoms with Crippen LogP contribution in [0, 0.1) is 0 Å². The van der Waals surface area contributed by atoms with E-state index in [2.05, 4.69) is 23.2 Å². The summed E-state index contributed by atoms with van der Waals surface area (Å²) >= 11 is 0. The van der Waals surface area contributed by atoms with Gasteiger partial charge in [-0.1, -0.05) is 30.9 Å². The fourth-order valence-electron chi connectivity index (χ4n) is 0.901. The van der Waals surface area contributed by atoms with Crippen LogP contribution in [0.5, 0.6) is 0 Å². The van der Waals surface area contributed by atoms with Gasteiger partial charge in [0.2, 0.25) is 0 Å². The maximum absolute atomic E-state index is 11.1. The van der Waals surface area contributed by atoms with Crippen LogP contribution in [-0.4, -0.2) is 18.7 Å². The molecule has 15 heavy (non-hydrogen) atoms. The third-order valence-electron chi connectivity index (χ3n) is 2.13. The Hall–Kier alpha value is -1.51. The fourth-order valence-corrected chi connectivity index (χ4v) is 0.901. The highest BCUT2D eigenvalue weighted by molar-refractivity contribution is 5.69. The number of nitrogens with one attached hydrogen (secondary N) is 1. The predicted molar refractivity (Wildman–Crippen MR) is 62.7 cm³/mol. The van der Waals surface area contributed by atoms with Gasteiger partial charge in [0.1, 0.15) is 0 Å². The molecule has 3 heteroatoms. The molecule has 0 saturated heterocycles. The maximum Gasteiger partial charge on any atom is 0.407 e. The van der Waals surface area contributed by atoms with E-state index in [0.29, 0.717) is 0 Å². The summed E-state index contributed by atoms with van der Waals surface area (Å²) in [4.78, 5) is 11.1. The van der Waals surface area contributed by atoms with Gasteiger partial charge in [-0.2, -0.15) is 0 Å². The van der Waals surface area contributed by atoms with Crippen LogP contribution >= 0.6 is 0 Å². The highest BCUT2D eigenvalue weighted by atomic mass is 16.5. The Balaban J connectivity index is 4.66. The Bertz CT molecular complexity index is 301. The van der Waals surface area contributed by atoms with Crippen LogP contribution in [0.2, 0.25) is 0 Å². The summed E-state index contributed by atoms with van der Waals surface area (Å²) in [6.07, 6.45) is 3.15. The molecule has 1 amide bonds. The van der Waals surface area contributed by atoms with Crippen molar-refractivity contribution in [2.24, 2.45) is 0 Å². The minimum absolute atomic E-state index is 0.467. The lowest BCUT2D eigenvalue weighted by Gasteiger charge is -2.26. The molecule has 84 valence electrons. The lowest BCUT2D eigenvalue weighted by Crippen LogP contribution is -2.44. The molecule has 0 atom stereocenters. The molecule has 0 radical (unpaired) electrons. The standard InChI is InChI=1S/C12H19NO2/c1-7-9(2)8-10(3)12(4,5)13-11(14)15-6/h7-8H,1,3H2,2,4-6H3,(H,13,14)/b9-8-. The third kappa shape index (κ3) is 4.49. The maximum atomic E-state index is 11.1. The summed E-state index contributed by atoms with van der Waals surface area (Å²) < 4.78 is 4.54. The molecule has 0 spiro atoms. The molecular formula is C12H19NO2. The van der Waals surface area contributed by atoms with Crippen molar-refractivity contribution < 1.29 is 9.53 Å². The zero-order valence-corrected chi connectivity index (χ0v) is 9.89. The van der Waals surface area contributed by atoms with E-state index in [0.717, 1.165) is 11.1 Å². The molecule has 0 heterocycles. The average Bonchev–Trinajstić information content (AvgIpc) is 2.16. The lowest BCUT2D eigenvalue weighted by molar-refractivity contribution is 0.163. The molecule has 0 aromatic rings. The van der Waals surface area contributed by atoms with E-state index in [-0.39, 0.29) is 0 Å². The summed E-state index contributed by atoms with van der Waals surface area (Å²) in [6.45, 7) is 13.2. The van der Waals surface area contributed by atoms with E-state index in [9.17, 15) is 4.79 Å². The van der Waals surface area contributed by atoms with Crippen molar-refractivity contribution >= 4 is 6.09 Å². The van der Waals surface area contributed by atoms with Gasteiger partial charge in [-0.25, -0.2) is 4.79 Å². The number of alkyl carbamates (subject to hydrolysis) is 1. The van der Waals surface area contributed by atoms with E-state index in [4.69, 9.17) is 0 Å². The van der Waals surface area contributed by atoms with Crippen molar-refractivity contribution in [3.8, 4) is 0 Å². The number of ether oxygens (including phenoxy) is 1. The summed E-state index contributed by atoms with van der Waals surface area (Å²) in [7, 11) is 1.33. The first-order valence-corrected chi connectivity index (χ1v) is 4.69. The molecule has 0 aromatic carbocycles. The van der Waals surface area contributed by atoms with Crippen molar-refractivity contribution in [3.63, 3.8) is 0 Å². The largest absolute Gasteiger partial charge is 0.453 e. The zero-order chi connectivity index (χ0) is 12.1. The summed E-state index contributed by atoms with van der Waals surface area (Å²) in [5, 5.41) is 2.70. The molecule has 0 saturated carbocycles. The number of hydrogen-bond donors (Lipinski definition) is 1. The van der Waals surface area contributed by atoms with Crippen molar-refractivity contribution in [2.75, 3.05) is 7.11 Å². The summed E-state index contributed by atoms with van der Waals surface area (Å²) in [6, 6.07) is 0. The predicted octanol–water partition coefficient (Wildman–Crippen LogP) is 2.81. The molecule has 3 nitrogen and oxygen atoms in total. The zero-order valence-electron chi connectivity index (χ0n) is 9.89. The minimum Gasteiger partial charge on any atom is -0.453 e. The van der Waals surface area contributed by atoms with Crippen molar-refractivity contribution in [1.82, 2.24) is 5.32 Å². The van der Waals surface area contributed by atoms with Gasteiger partial charge in [-0.15, -0.1) is 0 Å². The molecule has 1 N–H and O–H groups in total. The Morgan fingerprint density at radius 2 is 2.00 bits per heavy atom. The molecule has 0 aromatic heterocycles. The van der Waals surface area contributed by atoms with Crippen molar-refractivity contribution in [2.45, 2.75) is 26.3 Å². The number of allylic oxidation sites excluding steroid dienone is 2. The molecule has 0 rings (SSSR count). The van der Waals surface area contributed by atoms with Crippen LogP contribution < -0.4 is 5.32 Å². The SMILES string of the molecule is C=C/C(C)=C\C(=C)C(C)(C)NC(=O)OC. The van der Waals surface area contributed by atoms with Gasteiger partial charge < -0.3 is 10.1 Å². The molecule has 0 aliphatic rings. The van der Waals surface area contributed by atoms with Crippen LogP contribution in [0.3, 0.4) is 0 Å². The second-order valence-corrected chi connectivity index (χ2v) is 3.86. The van der Waals surface area contributed by atoms with E-state index < -0.39 is 11.6 Å². The van der Waals surface area contributed by atoms with E-state index >= 15 is 0 Å². The number of carbonyl (C=O) groups excluding carboxylic acids is 1. The minimum atomic E-state index is -0.530. The van der Waals surface area contributed by atoms with Crippen LogP contribution in [-0.2, 0) is 4.74 Å². The van der Waals surface area contributed by atoms with Crippen LogP contribution in [0.1, 0.15) is 20.8 Å². The molecule has 0 unspecified atom stereocenters. The van der Waals surface area contributed by atoms with Gasteiger partial charge in [-0.05, 0) is 26.3 Å². The van der Waals surface area contributed by atoms with Gasteiger partial charge in [-0.3, -0.25) is 0 Å². The molecule has 0 aliphatic heterocycles. The first kappa shape index (κ1) is 13.5.